The average molecular weight is 413 g/mol. The van der Waals surface area contributed by atoms with Crippen molar-refractivity contribution in [3.05, 3.63) is 59.3 Å². The standard InChI is InChI=1S/C18H13F2N7OS/c1-8-12-15(13-9(19)3-2-4-10(13)20)29-5-11(28)25-17(12)27(26-8)18-14-16(22-6-21-14)23-7-24-18/h2-4,6-7,15H,5H2,1H3,(H,25,28)(H,21,22,23,24)/t15-/m0/s1. The maximum atomic E-state index is 14.6. The van der Waals surface area contributed by atoms with E-state index in [0.717, 1.165) is 11.8 Å². The van der Waals surface area contributed by atoms with Crippen LogP contribution in [0, 0.1) is 18.6 Å². The highest BCUT2D eigenvalue weighted by Crippen LogP contribution is 2.45. The number of halogens is 2. The molecule has 1 aromatic carbocycles. The van der Waals surface area contributed by atoms with Crippen LogP contribution in [0.1, 0.15) is 22.1 Å². The molecule has 146 valence electrons. The maximum Gasteiger partial charge on any atom is 0.235 e. The molecule has 2 N–H and O–H groups in total. The Hall–Kier alpha value is -3.34. The lowest BCUT2D eigenvalue weighted by molar-refractivity contribution is -0.113. The van der Waals surface area contributed by atoms with Gasteiger partial charge < -0.3 is 10.3 Å². The van der Waals surface area contributed by atoms with Crippen LogP contribution in [0.2, 0.25) is 0 Å². The molecular weight excluding hydrogens is 400 g/mol. The van der Waals surface area contributed by atoms with Gasteiger partial charge in [-0.3, -0.25) is 4.79 Å². The molecule has 0 unspecified atom stereocenters. The number of carbonyl (C=O) groups excluding carboxylic acids is 1. The lowest BCUT2D eigenvalue weighted by atomic mass is 10.0. The van der Waals surface area contributed by atoms with Crippen LogP contribution in [0.4, 0.5) is 14.6 Å². The van der Waals surface area contributed by atoms with E-state index in [1.807, 2.05) is 0 Å². The van der Waals surface area contributed by atoms with Gasteiger partial charge in [0.2, 0.25) is 5.91 Å². The van der Waals surface area contributed by atoms with Gasteiger partial charge in [0.25, 0.3) is 0 Å². The molecule has 0 saturated heterocycles. The molecule has 1 aliphatic rings. The van der Waals surface area contributed by atoms with Gasteiger partial charge in [-0.25, -0.2) is 23.7 Å². The van der Waals surface area contributed by atoms with Crippen LogP contribution in [0.3, 0.4) is 0 Å². The SMILES string of the molecule is Cc1nn(-c2ncnc3nc[nH]c23)c2c1[C@@H](c1c(F)cccc1F)SCC(=O)N2. The van der Waals surface area contributed by atoms with Gasteiger partial charge in [-0.05, 0) is 19.1 Å². The lowest BCUT2D eigenvalue weighted by Gasteiger charge is -2.16. The number of nitrogens with one attached hydrogen (secondary N) is 2. The Morgan fingerprint density at radius 3 is 2.76 bits per heavy atom. The minimum atomic E-state index is -0.752. The van der Waals surface area contributed by atoms with Gasteiger partial charge in [0.05, 0.1) is 23.0 Å². The number of hydrogen-bond donors (Lipinski definition) is 2. The van der Waals surface area contributed by atoms with Crippen LogP contribution in [-0.2, 0) is 4.79 Å². The highest BCUT2D eigenvalue weighted by atomic mass is 32.2. The molecule has 8 nitrogen and oxygen atoms in total. The van der Waals surface area contributed by atoms with Gasteiger partial charge in [0.15, 0.2) is 11.5 Å². The number of aromatic nitrogens is 6. The second-order valence-corrected chi connectivity index (χ2v) is 7.53. The van der Waals surface area contributed by atoms with Crippen LogP contribution < -0.4 is 5.32 Å². The summed E-state index contributed by atoms with van der Waals surface area (Å²) in [6, 6.07) is 3.72. The topological polar surface area (TPSA) is 101 Å². The third-order valence-electron chi connectivity index (χ3n) is 4.67. The number of imidazole rings is 1. The van der Waals surface area contributed by atoms with Crippen LogP contribution in [0.25, 0.3) is 17.0 Å². The van der Waals surface area contributed by atoms with Crippen LogP contribution >= 0.6 is 11.8 Å². The first-order valence-corrected chi connectivity index (χ1v) is 9.69. The van der Waals surface area contributed by atoms with Crippen molar-refractivity contribution in [2.24, 2.45) is 0 Å². The second kappa shape index (κ2) is 6.62. The first kappa shape index (κ1) is 17.7. The van der Waals surface area contributed by atoms with Crippen molar-refractivity contribution < 1.29 is 13.6 Å². The summed E-state index contributed by atoms with van der Waals surface area (Å²) in [5.74, 6) is -0.917. The highest BCUT2D eigenvalue weighted by molar-refractivity contribution is 8.00. The van der Waals surface area contributed by atoms with E-state index in [9.17, 15) is 13.6 Å². The van der Waals surface area contributed by atoms with Crippen molar-refractivity contribution in [1.29, 1.82) is 0 Å². The summed E-state index contributed by atoms with van der Waals surface area (Å²) in [5.41, 5.74) is 1.90. The third-order valence-corrected chi connectivity index (χ3v) is 5.91. The maximum absolute atomic E-state index is 14.6. The number of benzene rings is 1. The number of fused-ring (bicyclic) bond motifs is 2. The average Bonchev–Trinajstić information content (AvgIpc) is 3.24. The van der Waals surface area contributed by atoms with E-state index in [4.69, 9.17) is 0 Å². The summed E-state index contributed by atoms with van der Waals surface area (Å²) in [6.07, 6.45) is 2.81. The lowest BCUT2D eigenvalue weighted by Crippen LogP contribution is -2.16. The molecule has 1 amide bonds. The first-order valence-electron chi connectivity index (χ1n) is 8.64. The zero-order valence-electron chi connectivity index (χ0n) is 15.0. The molecule has 4 aromatic rings. The number of nitrogens with zero attached hydrogens (tertiary/aromatic N) is 5. The van der Waals surface area contributed by atoms with Crippen molar-refractivity contribution >= 4 is 34.7 Å². The van der Waals surface area contributed by atoms with Crippen molar-refractivity contribution in [3.8, 4) is 5.82 Å². The van der Waals surface area contributed by atoms with Gasteiger partial charge >= 0.3 is 0 Å². The van der Waals surface area contributed by atoms with Gasteiger partial charge in [-0.2, -0.15) is 9.78 Å². The van der Waals surface area contributed by atoms with E-state index in [1.54, 1.807) is 6.92 Å². The van der Waals surface area contributed by atoms with E-state index in [-0.39, 0.29) is 17.2 Å². The molecule has 0 fully saturated rings. The number of aromatic amines is 1. The van der Waals surface area contributed by atoms with E-state index < -0.39 is 16.9 Å². The van der Waals surface area contributed by atoms with Crippen molar-refractivity contribution in [2.45, 2.75) is 12.2 Å². The highest BCUT2D eigenvalue weighted by Gasteiger charge is 2.34. The minimum Gasteiger partial charge on any atom is -0.340 e. The number of H-pyrrole nitrogens is 1. The minimum absolute atomic E-state index is 0.0375. The van der Waals surface area contributed by atoms with E-state index in [1.165, 1.54) is 35.5 Å². The Kier molecular flexibility index (Phi) is 4.05. The monoisotopic (exact) mass is 413 g/mol. The largest absolute Gasteiger partial charge is 0.340 e. The fourth-order valence-corrected chi connectivity index (χ4v) is 4.67. The quantitative estimate of drug-likeness (QED) is 0.524. The third kappa shape index (κ3) is 2.77. The van der Waals surface area contributed by atoms with Crippen LogP contribution in [0.5, 0.6) is 0 Å². The van der Waals surface area contributed by atoms with Crippen LogP contribution in [-0.4, -0.2) is 41.4 Å². The number of thioether (sulfide) groups is 1. The van der Waals surface area contributed by atoms with Gasteiger partial charge in [-0.1, -0.05) is 6.07 Å². The zero-order chi connectivity index (χ0) is 20.1. The van der Waals surface area contributed by atoms with Crippen molar-refractivity contribution in [3.63, 3.8) is 0 Å². The van der Waals surface area contributed by atoms with Crippen LogP contribution in [0.15, 0.2) is 30.9 Å². The molecule has 0 spiro atoms. The summed E-state index contributed by atoms with van der Waals surface area (Å²) >= 11 is 1.15. The second-order valence-electron chi connectivity index (χ2n) is 6.43. The molecule has 0 aliphatic carbocycles. The molecule has 0 bridgehead atoms. The molecule has 0 saturated carbocycles. The van der Waals surface area contributed by atoms with E-state index >= 15 is 0 Å². The Balaban J connectivity index is 1.77. The number of amides is 1. The molecule has 29 heavy (non-hydrogen) atoms. The molecule has 11 heteroatoms. The smallest absolute Gasteiger partial charge is 0.235 e. The number of carbonyl (C=O) groups is 1. The van der Waals surface area contributed by atoms with Crippen molar-refractivity contribution in [1.82, 2.24) is 29.7 Å². The van der Waals surface area contributed by atoms with Gasteiger partial charge in [-0.15, -0.1) is 11.8 Å². The summed E-state index contributed by atoms with van der Waals surface area (Å²) in [4.78, 5) is 27.8. The number of hydrogen-bond acceptors (Lipinski definition) is 6. The fraction of sp³-hybridized carbons (Fsp3) is 0.167. The fourth-order valence-electron chi connectivity index (χ4n) is 3.44. The summed E-state index contributed by atoms with van der Waals surface area (Å²) in [5, 5.41) is 6.56. The molecule has 1 aliphatic heterocycles. The molecule has 5 rings (SSSR count). The van der Waals surface area contributed by atoms with Gasteiger partial charge in [0.1, 0.15) is 29.3 Å². The molecular formula is C18H13F2N7OS. The first-order chi connectivity index (χ1) is 14.0. The summed E-state index contributed by atoms with van der Waals surface area (Å²) in [6.45, 7) is 1.73. The van der Waals surface area contributed by atoms with E-state index in [0.29, 0.717) is 34.1 Å². The number of anilines is 1. The Morgan fingerprint density at radius 2 is 1.97 bits per heavy atom. The normalized spacial score (nSPS) is 16.5. The predicted molar refractivity (Wildman–Crippen MR) is 103 cm³/mol. The molecule has 4 heterocycles. The summed E-state index contributed by atoms with van der Waals surface area (Å²) < 4.78 is 30.6. The van der Waals surface area contributed by atoms with Gasteiger partial charge in [0, 0.05) is 11.1 Å². The summed E-state index contributed by atoms with van der Waals surface area (Å²) in [7, 11) is 0. The number of aryl methyl sites for hydroxylation is 1. The molecule has 0 radical (unpaired) electrons. The van der Waals surface area contributed by atoms with Crippen molar-refractivity contribution in [2.75, 3.05) is 11.1 Å². The zero-order valence-corrected chi connectivity index (χ0v) is 15.8. The predicted octanol–water partition coefficient (Wildman–Crippen LogP) is 2.90. The Bertz CT molecular complexity index is 1250. The Labute approximate surface area is 166 Å². The number of rotatable bonds is 2. The Morgan fingerprint density at radius 1 is 1.17 bits per heavy atom. The molecule has 3 aromatic heterocycles. The molecule has 1 atom stereocenters. The van der Waals surface area contributed by atoms with E-state index in [2.05, 4.69) is 30.4 Å².